The Morgan fingerprint density at radius 3 is 2.38 bits per heavy atom. The number of allylic oxidation sites excluding steroid dienone is 1. The smallest absolute Gasteiger partial charge is 0.412 e. The topological polar surface area (TPSA) is 29.5 Å². The maximum absolute atomic E-state index is 12.1. The van der Waals surface area contributed by atoms with Crippen molar-refractivity contribution in [3.63, 3.8) is 0 Å². The van der Waals surface area contributed by atoms with Crippen LogP contribution in [-0.2, 0) is 0 Å². The lowest BCUT2D eigenvalue weighted by atomic mass is 10.3. The molecule has 0 aliphatic heterocycles. The van der Waals surface area contributed by atoms with Gasteiger partial charge in [0, 0.05) is 5.57 Å². The summed E-state index contributed by atoms with van der Waals surface area (Å²) in [5.41, 5.74) is -0.689. The lowest BCUT2D eigenvalue weighted by Gasteiger charge is -2.07. The van der Waals surface area contributed by atoms with Crippen LogP contribution in [0.4, 0.5) is 13.2 Å². The molecule has 88 valence electrons. The Bertz CT molecular complexity index is 366. The summed E-state index contributed by atoms with van der Waals surface area (Å²) in [6.45, 7) is 0.830. The number of halogens is 3. The van der Waals surface area contributed by atoms with E-state index in [0.717, 1.165) is 13.0 Å². The SMILES string of the molecule is CC(=CCOc1ccc(O)cc1)C(F)(F)F. The van der Waals surface area contributed by atoms with Crippen molar-refractivity contribution in [1.82, 2.24) is 0 Å². The second kappa shape index (κ2) is 4.92. The molecule has 0 heterocycles. The molecule has 0 saturated carbocycles. The number of phenolic OH excluding ortho intramolecular Hbond substituents is 1. The van der Waals surface area contributed by atoms with E-state index in [9.17, 15) is 13.2 Å². The van der Waals surface area contributed by atoms with E-state index >= 15 is 0 Å². The molecular formula is C11H11F3O2. The van der Waals surface area contributed by atoms with Crippen LogP contribution in [0.15, 0.2) is 35.9 Å². The summed E-state index contributed by atoms with van der Waals surface area (Å²) in [4.78, 5) is 0. The Morgan fingerprint density at radius 1 is 1.31 bits per heavy atom. The average Bonchev–Trinajstić information content (AvgIpc) is 2.19. The molecule has 2 nitrogen and oxygen atoms in total. The number of hydrogen-bond donors (Lipinski definition) is 1. The molecule has 1 N–H and O–H groups in total. The van der Waals surface area contributed by atoms with E-state index < -0.39 is 11.7 Å². The molecule has 1 aromatic rings. The normalized spacial score (nSPS) is 12.6. The maximum atomic E-state index is 12.1. The molecule has 0 saturated heterocycles. The van der Waals surface area contributed by atoms with Crippen molar-refractivity contribution in [2.75, 3.05) is 6.61 Å². The zero-order valence-corrected chi connectivity index (χ0v) is 8.58. The molecule has 0 aliphatic carbocycles. The molecule has 5 heteroatoms. The standard InChI is InChI=1S/C11H11F3O2/c1-8(11(12,13)14)6-7-16-10-4-2-9(15)3-5-10/h2-6,15H,7H2,1H3. The second-order valence-electron chi connectivity index (χ2n) is 3.19. The number of phenols is 1. The summed E-state index contributed by atoms with van der Waals surface area (Å²) in [6, 6.07) is 5.75. The fraction of sp³-hybridized carbons (Fsp3) is 0.273. The van der Waals surface area contributed by atoms with Gasteiger partial charge < -0.3 is 9.84 Å². The van der Waals surface area contributed by atoms with Gasteiger partial charge in [-0.25, -0.2) is 0 Å². The van der Waals surface area contributed by atoms with Crippen LogP contribution in [0, 0.1) is 0 Å². The van der Waals surface area contributed by atoms with Crippen molar-refractivity contribution < 1.29 is 23.0 Å². The van der Waals surface area contributed by atoms with Gasteiger partial charge in [0.25, 0.3) is 0 Å². The van der Waals surface area contributed by atoms with Gasteiger partial charge in [-0.3, -0.25) is 0 Å². The summed E-state index contributed by atoms with van der Waals surface area (Å²) in [6.07, 6.45) is -3.34. The molecule has 0 unspecified atom stereocenters. The highest BCUT2D eigenvalue weighted by Crippen LogP contribution is 2.24. The molecule has 0 bridgehead atoms. The van der Waals surface area contributed by atoms with Gasteiger partial charge >= 0.3 is 6.18 Å². The molecule has 0 aromatic heterocycles. The van der Waals surface area contributed by atoms with Crippen LogP contribution in [-0.4, -0.2) is 17.9 Å². The number of hydrogen-bond acceptors (Lipinski definition) is 2. The van der Waals surface area contributed by atoms with E-state index in [1.165, 1.54) is 24.3 Å². The van der Waals surface area contributed by atoms with E-state index in [2.05, 4.69) is 0 Å². The van der Waals surface area contributed by atoms with E-state index in [-0.39, 0.29) is 12.4 Å². The molecule has 1 aromatic carbocycles. The Kier molecular flexibility index (Phi) is 3.82. The summed E-state index contributed by atoms with van der Waals surface area (Å²) >= 11 is 0. The van der Waals surface area contributed by atoms with Gasteiger partial charge in [-0.2, -0.15) is 13.2 Å². The Balaban J connectivity index is 2.50. The van der Waals surface area contributed by atoms with Crippen molar-refractivity contribution in [3.05, 3.63) is 35.9 Å². The summed E-state index contributed by atoms with van der Waals surface area (Å²) in [5.74, 6) is 0.485. The van der Waals surface area contributed by atoms with E-state index in [1.54, 1.807) is 0 Å². The zero-order chi connectivity index (χ0) is 12.2. The predicted octanol–water partition coefficient (Wildman–Crippen LogP) is 3.28. The van der Waals surface area contributed by atoms with Crippen LogP contribution < -0.4 is 4.74 Å². The molecule has 0 amide bonds. The van der Waals surface area contributed by atoms with E-state index in [4.69, 9.17) is 9.84 Å². The lowest BCUT2D eigenvalue weighted by molar-refractivity contribution is -0.0917. The minimum atomic E-state index is -4.31. The van der Waals surface area contributed by atoms with Crippen molar-refractivity contribution in [1.29, 1.82) is 0 Å². The summed E-state index contributed by atoms with van der Waals surface area (Å²) in [5, 5.41) is 8.96. The molecule has 16 heavy (non-hydrogen) atoms. The zero-order valence-electron chi connectivity index (χ0n) is 8.58. The van der Waals surface area contributed by atoms with E-state index in [0.29, 0.717) is 5.75 Å². The fourth-order valence-corrected chi connectivity index (χ4v) is 0.921. The quantitative estimate of drug-likeness (QED) is 0.810. The van der Waals surface area contributed by atoms with Crippen molar-refractivity contribution in [2.24, 2.45) is 0 Å². The van der Waals surface area contributed by atoms with Gasteiger partial charge in [0.2, 0.25) is 0 Å². The van der Waals surface area contributed by atoms with Gasteiger partial charge in [-0.05, 0) is 37.3 Å². The summed E-state index contributed by atoms with van der Waals surface area (Å²) in [7, 11) is 0. The van der Waals surface area contributed by atoms with Gasteiger partial charge in [0.15, 0.2) is 0 Å². The van der Waals surface area contributed by atoms with Gasteiger partial charge in [0.1, 0.15) is 18.1 Å². The van der Waals surface area contributed by atoms with Crippen LogP contribution in [0.3, 0.4) is 0 Å². The number of rotatable bonds is 3. The highest BCUT2D eigenvalue weighted by molar-refractivity contribution is 5.30. The third kappa shape index (κ3) is 3.84. The highest BCUT2D eigenvalue weighted by atomic mass is 19.4. The number of aromatic hydroxyl groups is 1. The molecule has 0 aliphatic rings. The second-order valence-corrected chi connectivity index (χ2v) is 3.19. The van der Waals surface area contributed by atoms with Gasteiger partial charge in [-0.15, -0.1) is 0 Å². The maximum Gasteiger partial charge on any atom is 0.412 e. The minimum absolute atomic E-state index is 0.0781. The lowest BCUT2D eigenvalue weighted by Crippen LogP contribution is -2.10. The van der Waals surface area contributed by atoms with Crippen molar-refractivity contribution in [2.45, 2.75) is 13.1 Å². The molecule has 0 fully saturated rings. The first-order valence-electron chi connectivity index (χ1n) is 4.55. The molecule has 0 spiro atoms. The number of alkyl halides is 3. The average molecular weight is 232 g/mol. The van der Waals surface area contributed by atoms with Crippen LogP contribution >= 0.6 is 0 Å². The third-order valence-corrected chi connectivity index (χ3v) is 1.92. The van der Waals surface area contributed by atoms with Crippen molar-refractivity contribution in [3.8, 4) is 11.5 Å². The number of ether oxygens (including phenoxy) is 1. The first kappa shape index (κ1) is 12.4. The molecular weight excluding hydrogens is 221 g/mol. The largest absolute Gasteiger partial charge is 0.508 e. The Labute approximate surface area is 91.0 Å². The minimum Gasteiger partial charge on any atom is -0.508 e. The predicted molar refractivity (Wildman–Crippen MR) is 53.4 cm³/mol. The van der Waals surface area contributed by atoms with Crippen LogP contribution in [0.25, 0.3) is 0 Å². The van der Waals surface area contributed by atoms with E-state index in [1.807, 2.05) is 0 Å². The Hall–Kier alpha value is -1.65. The van der Waals surface area contributed by atoms with Gasteiger partial charge in [-0.1, -0.05) is 0 Å². The van der Waals surface area contributed by atoms with Crippen LogP contribution in [0.2, 0.25) is 0 Å². The molecule has 0 atom stereocenters. The first-order valence-corrected chi connectivity index (χ1v) is 4.55. The third-order valence-electron chi connectivity index (χ3n) is 1.92. The highest BCUT2D eigenvalue weighted by Gasteiger charge is 2.29. The fourth-order valence-electron chi connectivity index (χ4n) is 0.921. The Morgan fingerprint density at radius 2 is 1.88 bits per heavy atom. The monoisotopic (exact) mass is 232 g/mol. The first-order chi connectivity index (χ1) is 7.39. The molecule has 0 radical (unpaired) electrons. The van der Waals surface area contributed by atoms with Gasteiger partial charge in [0.05, 0.1) is 0 Å². The van der Waals surface area contributed by atoms with Crippen LogP contribution in [0.1, 0.15) is 6.92 Å². The summed E-state index contributed by atoms with van der Waals surface area (Å²) < 4.78 is 41.3. The molecule has 1 rings (SSSR count). The number of benzene rings is 1. The van der Waals surface area contributed by atoms with Crippen LogP contribution in [0.5, 0.6) is 11.5 Å². The van der Waals surface area contributed by atoms with Crippen molar-refractivity contribution >= 4 is 0 Å².